The van der Waals surface area contributed by atoms with E-state index in [1.165, 1.54) is 0 Å². The first-order chi connectivity index (χ1) is 18.5. The van der Waals surface area contributed by atoms with E-state index in [4.69, 9.17) is 4.74 Å². The minimum Gasteiger partial charge on any atom is -0.465 e. The molecule has 0 aliphatic rings. The van der Waals surface area contributed by atoms with Crippen molar-refractivity contribution >= 4 is 29.0 Å². The molecule has 5 aromatic rings. The summed E-state index contributed by atoms with van der Waals surface area (Å²) in [6.45, 7) is 4.28. The van der Waals surface area contributed by atoms with Crippen LogP contribution >= 0.6 is 0 Å². The summed E-state index contributed by atoms with van der Waals surface area (Å²) in [6, 6.07) is 29.6. The van der Waals surface area contributed by atoms with Gasteiger partial charge in [-0.1, -0.05) is 48.5 Å². The zero-order valence-corrected chi connectivity index (χ0v) is 21.3. The van der Waals surface area contributed by atoms with E-state index < -0.39 is 0 Å². The first-order valence-electron chi connectivity index (χ1n) is 12.5. The number of hydrazone groups is 1. The molecule has 5 rings (SSSR count). The van der Waals surface area contributed by atoms with Crippen molar-refractivity contribution < 1.29 is 14.3 Å². The molecule has 0 saturated heterocycles. The SMILES string of the molecule is CCOC(=O)Cn1cc(/C=N/NC(=O)c2ccc(-n3c(C)ccc3-c3ccccc3)cc2)c2ccccc21. The lowest BCUT2D eigenvalue weighted by molar-refractivity contribution is -0.143. The maximum absolute atomic E-state index is 12.8. The summed E-state index contributed by atoms with van der Waals surface area (Å²) in [5, 5.41) is 5.10. The van der Waals surface area contributed by atoms with Gasteiger partial charge in [0.2, 0.25) is 0 Å². The van der Waals surface area contributed by atoms with Crippen LogP contribution in [0.1, 0.15) is 28.5 Å². The molecule has 0 unspecified atom stereocenters. The maximum atomic E-state index is 12.8. The number of fused-ring (bicyclic) bond motifs is 1. The Morgan fingerprint density at radius 2 is 1.66 bits per heavy atom. The number of aryl methyl sites for hydroxylation is 1. The molecule has 1 N–H and O–H groups in total. The second-order valence-electron chi connectivity index (χ2n) is 8.84. The molecule has 0 radical (unpaired) electrons. The lowest BCUT2D eigenvalue weighted by atomic mass is 10.1. The smallest absolute Gasteiger partial charge is 0.325 e. The number of para-hydroxylation sites is 1. The van der Waals surface area contributed by atoms with Crippen LogP contribution in [0.15, 0.2) is 102 Å². The van der Waals surface area contributed by atoms with Crippen molar-refractivity contribution in [3.05, 3.63) is 114 Å². The van der Waals surface area contributed by atoms with Gasteiger partial charge in [0.05, 0.1) is 18.5 Å². The first kappa shape index (κ1) is 24.8. The molecule has 0 bridgehead atoms. The standard InChI is InChI=1S/C31H28N4O3/c1-3-38-30(36)21-34-20-25(27-11-7-8-12-29(27)34)19-32-33-31(37)24-14-16-26(17-15-24)35-22(2)13-18-28(35)23-9-5-4-6-10-23/h4-20H,3,21H2,1-2H3,(H,33,37)/b32-19+. The Morgan fingerprint density at radius 1 is 0.921 bits per heavy atom. The van der Waals surface area contributed by atoms with Gasteiger partial charge in [0.25, 0.3) is 5.91 Å². The van der Waals surface area contributed by atoms with E-state index in [0.717, 1.165) is 39.1 Å². The lowest BCUT2D eigenvalue weighted by Gasteiger charge is -2.12. The average molecular weight is 505 g/mol. The van der Waals surface area contributed by atoms with E-state index in [1.807, 2.05) is 65.4 Å². The third-order valence-corrected chi connectivity index (χ3v) is 6.33. The van der Waals surface area contributed by atoms with Crippen LogP contribution in [0.25, 0.3) is 27.8 Å². The van der Waals surface area contributed by atoms with Crippen LogP contribution in [-0.2, 0) is 16.1 Å². The highest BCUT2D eigenvalue weighted by atomic mass is 16.5. The predicted octanol–water partition coefficient (Wildman–Crippen LogP) is 5.73. The van der Waals surface area contributed by atoms with E-state index in [-0.39, 0.29) is 18.4 Å². The van der Waals surface area contributed by atoms with E-state index >= 15 is 0 Å². The summed E-state index contributed by atoms with van der Waals surface area (Å²) in [7, 11) is 0. The fourth-order valence-electron chi connectivity index (χ4n) is 4.56. The summed E-state index contributed by atoms with van der Waals surface area (Å²) in [4.78, 5) is 24.8. The highest BCUT2D eigenvalue weighted by molar-refractivity contribution is 6.01. The molecular weight excluding hydrogens is 476 g/mol. The fourth-order valence-corrected chi connectivity index (χ4v) is 4.56. The molecule has 0 saturated carbocycles. The summed E-state index contributed by atoms with van der Waals surface area (Å²) < 4.78 is 9.07. The zero-order chi connectivity index (χ0) is 26.5. The van der Waals surface area contributed by atoms with Crippen molar-refractivity contribution in [3.63, 3.8) is 0 Å². The normalized spacial score (nSPS) is 11.2. The van der Waals surface area contributed by atoms with Crippen molar-refractivity contribution in [1.29, 1.82) is 0 Å². The number of aromatic nitrogens is 2. The van der Waals surface area contributed by atoms with Crippen LogP contribution in [-0.4, -0.2) is 33.8 Å². The maximum Gasteiger partial charge on any atom is 0.325 e. The Kier molecular flexibility index (Phi) is 7.17. The molecule has 0 spiro atoms. The van der Waals surface area contributed by atoms with Crippen LogP contribution in [0.5, 0.6) is 0 Å². The molecular formula is C31H28N4O3. The Balaban J connectivity index is 1.31. The van der Waals surface area contributed by atoms with Gasteiger partial charge in [-0.15, -0.1) is 0 Å². The minimum atomic E-state index is -0.310. The second-order valence-corrected chi connectivity index (χ2v) is 8.84. The van der Waals surface area contributed by atoms with Gasteiger partial charge in [0, 0.05) is 39.6 Å². The summed E-state index contributed by atoms with van der Waals surface area (Å²) >= 11 is 0. The molecule has 0 atom stereocenters. The number of nitrogens with one attached hydrogen (secondary N) is 1. The number of rotatable bonds is 8. The van der Waals surface area contributed by atoms with E-state index in [9.17, 15) is 9.59 Å². The molecule has 7 nitrogen and oxygen atoms in total. The van der Waals surface area contributed by atoms with Crippen molar-refractivity contribution in [2.75, 3.05) is 6.61 Å². The molecule has 0 fully saturated rings. The highest BCUT2D eigenvalue weighted by Gasteiger charge is 2.12. The number of nitrogens with zero attached hydrogens (tertiary/aromatic N) is 3. The Labute approximate surface area is 221 Å². The number of esters is 1. The van der Waals surface area contributed by atoms with Crippen molar-refractivity contribution in [3.8, 4) is 16.9 Å². The van der Waals surface area contributed by atoms with Gasteiger partial charge in [0.15, 0.2) is 0 Å². The van der Waals surface area contributed by atoms with Gasteiger partial charge in [-0.2, -0.15) is 5.10 Å². The minimum absolute atomic E-state index is 0.105. The molecule has 38 heavy (non-hydrogen) atoms. The summed E-state index contributed by atoms with van der Waals surface area (Å²) in [5.41, 5.74) is 9.08. The van der Waals surface area contributed by atoms with Crippen molar-refractivity contribution in [2.45, 2.75) is 20.4 Å². The molecule has 190 valence electrons. The first-order valence-corrected chi connectivity index (χ1v) is 12.5. The van der Waals surface area contributed by atoms with Crippen LogP contribution in [0.2, 0.25) is 0 Å². The van der Waals surface area contributed by atoms with Gasteiger partial charge < -0.3 is 13.9 Å². The van der Waals surface area contributed by atoms with Gasteiger partial charge in [0.1, 0.15) is 6.54 Å². The monoisotopic (exact) mass is 504 g/mol. The topological polar surface area (TPSA) is 77.6 Å². The molecule has 7 heteroatoms. The third kappa shape index (κ3) is 5.13. The second kappa shape index (κ2) is 11.0. The van der Waals surface area contributed by atoms with Crippen LogP contribution < -0.4 is 5.43 Å². The Morgan fingerprint density at radius 3 is 2.42 bits per heavy atom. The van der Waals surface area contributed by atoms with Gasteiger partial charge in [-0.25, -0.2) is 5.43 Å². The zero-order valence-electron chi connectivity index (χ0n) is 21.3. The summed E-state index contributed by atoms with van der Waals surface area (Å²) in [5.74, 6) is -0.616. The number of benzene rings is 3. The average Bonchev–Trinajstić information content (AvgIpc) is 3.49. The van der Waals surface area contributed by atoms with Crippen LogP contribution in [0.3, 0.4) is 0 Å². The van der Waals surface area contributed by atoms with Gasteiger partial charge >= 0.3 is 5.97 Å². The fraction of sp³-hybridized carbons (Fsp3) is 0.129. The largest absolute Gasteiger partial charge is 0.465 e. The molecule has 0 aliphatic heterocycles. The third-order valence-electron chi connectivity index (χ3n) is 6.33. The van der Waals surface area contributed by atoms with Crippen LogP contribution in [0, 0.1) is 6.92 Å². The number of carbonyl (C=O) groups is 2. The number of hydrogen-bond donors (Lipinski definition) is 1. The molecule has 0 aliphatic carbocycles. The van der Waals surface area contributed by atoms with Gasteiger partial charge in [-0.05, 0) is 61.9 Å². The predicted molar refractivity (Wildman–Crippen MR) is 150 cm³/mol. The Hall–Kier alpha value is -4.91. The van der Waals surface area contributed by atoms with E-state index in [1.54, 1.807) is 25.3 Å². The number of carbonyl (C=O) groups excluding carboxylic acids is 2. The molecule has 1 amide bonds. The summed E-state index contributed by atoms with van der Waals surface area (Å²) in [6.07, 6.45) is 3.42. The Bertz CT molecular complexity index is 1610. The number of hydrogen-bond acceptors (Lipinski definition) is 4. The molecule has 3 aromatic carbocycles. The number of amides is 1. The molecule has 2 heterocycles. The number of ether oxygens (including phenoxy) is 1. The quantitative estimate of drug-likeness (QED) is 0.166. The lowest BCUT2D eigenvalue weighted by Crippen LogP contribution is -2.17. The van der Waals surface area contributed by atoms with Crippen LogP contribution in [0.4, 0.5) is 0 Å². The molecule has 2 aromatic heterocycles. The highest BCUT2D eigenvalue weighted by Crippen LogP contribution is 2.26. The van der Waals surface area contributed by atoms with Crippen molar-refractivity contribution in [2.24, 2.45) is 5.10 Å². The van der Waals surface area contributed by atoms with E-state index in [2.05, 4.69) is 46.3 Å². The van der Waals surface area contributed by atoms with Crippen molar-refractivity contribution in [1.82, 2.24) is 14.6 Å². The van der Waals surface area contributed by atoms with E-state index in [0.29, 0.717) is 12.2 Å². The van der Waals surface area contributed by atoms with Gasteiger partial charge in [-0.3, -0.25) is 9.59 Å².